The van der Waals surface area contributed by atoms with Crippen LogP contribution in [0.1, 0.15) is 29.7 Å². The van der Waals surface area contributed by atoms with Crippen molar-refractivity contribution in [1.82, 2.24) is 10.3 Å². The maximum Gasteiger partial charge on any atom is 0.144 e. The van der Waals surface area contributed by atoms with Gasteiger partial charge in [-0.1, -0.05) is 0 Å². The van der Waals surface area contributed by atoms with E-state index in [0.717, 1.165) is 30.4 Å². The molecule has 1 aliphatic carbocycles. The highest BCUT2D eigenvalue weighted by atomic mass is 15.0. The van der Waals surface area contributed by atoms with Gasteiger partial charge in [0, 0.05) is 24.8 Å². The van der Waals surface area contributed by atoms with Crippen molar-refractivity contribution >= 4 is 5.82 Å². The van der Waals surface area contributed by atoms with Gasteiger partial charge >= 0.3 is 0 Å². The highest BCUT2D eigenvalue weighted by Crippen LogP contribution is 2.19. The molecule has 2 rings (SSSR count). The van der Waals surface area contributed by atoms with Crippen LogP contribution >= 0.6 is 0 Å². The molecule has 0 aliphatic heterocycles. The molecule has 0 bridgehead atoms. The van der Waals surface area contributed by atoms with E-state index in [9.17, 15) is 0 Å². The normalized spacial score (nSPS) is 14.4. The van der Waals surface area contributed by atoms with E-state index >= 15 is 0 Å². The van der Waals surface area contributed by atoms with Gasteiger partial charge in [-0.2, -0.15) is 5.26 Å². The highest BCUT2D eigenvalue weighted by molar-refractivity contribution is 5.56. The molecule has 0 saturated heterocycles. The zero-order valence-corrected chi connectivity index (χ0v) is 10.4. The van der Waals surface area contributed by atoms with Crippen molar-refractivity contribution in [3.05, 3.63) is 22.9 Å². The van der Waals surface area contributed by atoms with E-state index in [2.05, 4.69) is 21.7 Å². The molecule has 0 radical (unpaired) electrons. The average Bonchev–Trinajstić information content (AvgIpc) is 3.07. The fraction of sp³-hybridized carbons (Fsp3) is 0.538. The van der Waals surface area contributed by atoms with Gasteiger partial charge in [-0.05, 0) is 38.3 Å². The summed E-state index contributed by atoms with van der Waals surface area (Å²) in [6, 6.07) is 4.87. The Labute approximate surface area is 102 Å². The number of aryl methyl sites for hydroxylation is 2. The molecule has 4 heteroatoms. The van der Waals surface area contributed by atoms with Crippen molar-refractivity contribution in [2.24, 2.45) is 0 Å². The predicted molar refractivity (Wildman–Crippen MR) is 67.9 cm³/mol. The van der Waals surface area contributed by atoms with Crippen LogP contribution in [0, 0.1) is 25.2 Å². The smallest absolute Gasteiger partial charge is 0.144 e. The van der Waals surface area contributed by atoms with Crippen molar-refractivity contribution in [3.8, 4) is 6.07 Å². The second-order valence-electron chi connectivity index (χ2n) is 4.57. The number of anilines is 1. The van der Waals surface area contributed by atoms with Crippen LogP contribution in [0.25, 0.3) is 0 Å². The third-order valence-corrected chi connectivity index (χ3v) is 2.88. The van der Waals surface area contributed by atoms with Gasteiger partial charge in [0.05, 0.1) is 5.56 Å². The minimum Gasteiger partial charge on any atom is -0.368 e. The van der Waals surface area contributed by atoms with Crippen LogP contribution in [0.3, 0.4) is 0 Å². The first-order valence-electron chi connectivity index (χ1n) is 6.06. The van der Waals surface area contributed by atoms with Crippen LogP contribution in [0.15, 0.2) is 6.07 Å². The standard InChI is InChI=1S/C13H18N4/c1-9-7-10(2)17-13(12(9)8-14)16-6-5-15-11-3-4-11/h7,11,15H,3-6H2,1-2H3,(H,16,17). The third-order valence-electron chi connectivity index (χ3n) is 2.88. The highest BCUT2D eigenvalue weighted by Gasteiger charge is 2.19. The number of rotatable bonds is 5. The summed E-state index contributed by atoms with van der Waals surface area (Å²) in [5.74, 6) is 0.711. The Morgan fingerprint density at radius 1 is 1.41 bits per heavy atom. The average molecular weight is 230 g/mol. The first-order valence-corrected chi connectivity index (χ1v) is 6.06. The molecule has 0 unspecified atom stereocenters. The number of nitrogens with one attached hydrogen (secondary N) is 2. The molecule has 0 atom stereocenters. The number of aromatic nitrogens is 1. The molecule has 1 fully saturated rings. The van der Waals surface area contributed by atoms with Crippen LogP contribution in [0.2, 0.25) is 0 Å². The van der Waals surface area contributed by atoms with Crippen molar-refractivity contribution < 1.29 is 0 Å². The second-order valence-corrected chi connectivity index (χ2v) is 4.57. The third kappa shape index (κ3) is 3.18. The molecule has 1 heterocycles. The van der Waals surface area contributed by atoms with Crippen LogP contribution in [0.5, 0.6) is 0 Å². The number of nitrogens with zero attached hydrogens (tertiary/aromatic N) is 2. The Morgan fingerprint density at radius 2 is 2.18 bits per heavy atom. The van der Waals surface area contributed by atoms with Gasteiger partial charge < -0.3 is 10.6 Å². The molecule has 1 aliphatic rings. The summed E-state index contributed by atoms with van der Waals surface area (Å²) < 4.78 is 0. The molecule has 2 N–H and O–H groups in total. The molecule has 17 heavy (non-hydrogen) atoms. The quantitative estimate of drug-likeness (QED) is 0.756. The van der Waals surface area contributed by atoms with Gasteiger partial charge in [0.1, 0.15) is 11.9 Å². The lowest BCUT2D eigenvalue weighted by Crippen LogP contribution is -2.24. The van der Waals surface area contributed by atoms with E-state index < -0.39 is 0 Å². The summed E-state index contributed by atoms with van der Waals surface area (Å²) in [6.45, 7) is 5.62. The lowest BCUT2D eigenvalue weighted by molar-refractivity contribution is 0.700. The number of nitriles is 1. The van der Waals surface area contributed by atoms with E-state index in [0.29, 0.717) is 11.4 Å². The predicted octanol–water partition coefficient (Wildman–Crippen LogP) is 1.73. The summed E-state index contributed by atoms with van der Waals surface area (Å²) in [5, 5.41) is 15.8. The molecule has 0 amide bonds. The van der Waals surface area contributed by atoms with E-state index in [1.54, 1.807) is 0 Å². The van der Waals surface area contributed by atoms with Gasteiger partial charge in [-0.25, -0.2) is 4.98 Å². The van der Waals surface area contributed by atoms with E-state index in [1.807, 2.05) is 19.9 Å². The molecule has 1 saturated carbocycles. The summed E-state index contributed by atoms with van der Waals surface area (Å²) in [6.07, 6.45) is 2.59. The molecule has 4 nitrogen and oxygen atoms in total. The van der Waals surface area contributed by atoms with Gasteiger partial charge in [0.2, 0.25) is 0 Å². The summed E-state index contributed by atoms with van der Waals surface area (Å²) in [7, 11) is 0. The molecule has 1 aromatic rings. The minimum absolute atomic E-state index is 0.655. The van der Waals surface area contributed by atoms with Crippen molar-refractivity contribution in [3.63, 3.8) is 0 Å². The zero-order valence-electron chi connectivity index (χ0n) is 10.4. The Morgan fingerprint density at radius 3 is 2.82 bits per heavy atom. The summed E-state index contributed by atoms with van der Waals surface area (Å²) in [4.78, 5) is 4.38. The molecule has 1 aromatic heterocycles. The molecular formula is C13H18N4. The van der Waals surface area contributed by atoms with Crippen molar-refractivity contribution in [2.45, 2.75) is 32.7 Å². The first-order chi connectivity index (χ1) is 8.20. The van der Waals surface area contributed by atoms with E-state index in [4.69, 9.17) is 5.26 Å². The first kappa shape index (κ1) is 11.9. The van der Waals surface area contributed by atoms with Crippen molar-refractivity contribution in [1.29, 1.82) is 5.26 Å². The van der Waals surface area contributed by atoms with Gasteiger partial charge in [-0.3, -0.25) is 0 Å². The molecule has 90 valence electrons. The van der Waals surface area contributed by atoms with Crippen LogP contribution in [-0.4, -0.2) is 24.1 Å². The Hall–Kier alpha value is -1.60. The number of hydrogen-bond acceptors (Lipinski definition) is 4. The lowest BCUT2D eigenvalue weighted by Gasteiger charge is -2.10. The molecule has 0 spiro atoms. The number of hydrogen-bond donors (Lipinski definition) is 2. The SMILES string of the molecule is Cc1cc(C)c(C#N)c(NCCNC2CC2)n1. The Kier molecular flexibility index (Phi) is 3.60. The molecule has 0 aromatic carbocycles. The Bertz CT molecular complexity index is 443. The largest absolute Gasteiger partial charge is 0.368 e. The fourth-order valence-electron chi connectivity index (χ4n) is 1.85. The van der Waals surface area contributed by atoms with Gasteiger partial charge in [-0.15, -0.1) is 0 Å². The zero-order chi connectivity index (χ0) is 12.3. The van der Waals surface area contributed by atoms with Crippen LogP contribution in [0.4, 0.5) is 5.82 Å². The van der Waals surface area contributed by atoms with Crippen molar-refractivity contribution in [2.75, 3.05) is 18.4 Å². The Balaban J connectivity index is 1.95. The monoisotopic (exact) mass is 230 g/mol. The number of pyridine rings is 1. The van der Waals surface area contributed by atoms with Gasteiger partial charge in [0.25, 0.3) is 0 Å². The lowest BCUT2D eigenvalue weighted by atomic mass is 10.1. The van der Waals surface area contributed by atoms with Crippen LogP contribution < -0.4 is 10.6 Å². The molecular weight excluding hydrogens is 212 g/mol. The van der Waals surface area contributed by atoms with E-state index in [-0.39, 0.29) is 0 Å². The minimum atomic E-state index is 0.655. The maximum absolute atomic E-state index is 9.10. The van der Waals surface area contributed by atoms with E-state index in [1.165, 1.54) is 12.8 Å². The topological polar surface area (TPSA) is 60.7 Å². The summed E-state index contributed by atoms with van der Waals surface area (Å²) in [5.41, 5.74) is 2.58. The van der Waals surface area contributed by atoms with Gasteiger partial charge in [0.15, 0.2) is 0 Å². The maximum atomic E-state index is 9.10. The summed E-state index contributed by atoms with van der Waals surface area (Å²) >= 11 is 0. The fourth-order valence-corrected chi connectivity index (χ4v) is 1.85. The second kappa shape index (κ2) is 5.15. The van der Waals surface area contributed by atoms with Crippen LogP contribution in [-0.2, 0) is 0 Å².